The first kappa shape index (κ1) is 17.5. The third-order valence-corrected chi connectivity index (χ3v) is 6.14. The van der Waals surface area contributed by atoms with Gasteiger partial charge in [0.15, 0.2) is 0 Å². The Kier molecular flexibility index (Phi) is 4.96. The zero-order valence-corrected chi connectivity index (χ0v) is 15.4. The molecule has 1 aromatic carbocycles. The van der Waals surface area contributed by atoms with Gasteiger partial charge in [0.25, 0.3) is 0 Å². The molecule has 1 atom stereocenters. The smallest absolute Gasteiger partial charge is 0.122 e. The van der Waals surface area contributed by atoms with Crippen LogP contribution in [0.5, 0.6) is 5.75 Å². The lowest BCUT2D eigenvalue weighted by atomic mass is 9.77. The average Bonchev–Trinajstić information content (AvgIpc) is 2.70. The molecule has 1 aromatic heterocycles. The van der Waals surface area contributed by atoms with Gasteiger partial charge in [0, 0.05) is 30.0 Å². The van der Waals surface area contributed by atoms with Crippen LogP contribution in [0.2, 0.25) is 0 Å². The summed E-state index contributed by atoms with van der Waals surface area (Å²) in [5.74, 6) is 1.03. The minimum absolute atomic E-state index is 0.490. The van der Waals surface area contributed by atoms with Crippen LogP contribution in [0, 0.1) is 0 Å². The first-order valence-electron chi connectivity index (χ1n) is 9.71. The summed E-state index contributed by atoms with van der Waals surface area (Å²) in [6.45, 7) is 0. The predicted octanol–water partition coefficient (Wildman–Crippen LogP) is 3.37. The van der Waals surface area contributed by atoms with Crippen molar-refractivity contribution in [2.24, 2.45) is 0 Å². The Bertz CT molecular complexity index is 739. The number of aromatic nitrogens is 1. The molecule has 2 aliphatic rings. The van der Waals surface area contributed by atoms with Gasteiger partial charge in [-0.05, 0) is 68.2 Å². The van der Waals surface area contributed by atoms with Crippen LogP contribution >= 0.6 is 0 Å². The molecule has 1 saturated carbocycles. The fraction of sp³-hybridized carbons (Fsp3) is 0.500. The number of methoxy groups -OCH3 is 1. The fourth-order valence-electron chi connectivity index (χ4n) is 4.63. The molecule has 0 saturated heterocycles. The van der Waals surface area contributed by atoms with Crippen LogP contribution in [-0.2, 0) is 18.4 Å². The minimum atomic E-state index is -0.709. The van der Waals surface area contributed by atoms with Gasteiger partial charge < -0.3 is 15.2 Å². The highest BCUT2D eigenvalue weighted by Gasteiger charge is 2.35. The molecule has 138 valence electrons. The Morgan fingerprint density at radius 3 is 2.69 bits per heavy atom. The summed E-state index contributed by atoms with van der Waals surface area (Å²) in [7, 11) is 1.76. The monoisotopic (exact) mass is 352 g/mol. The molecule has 0 aliphatic heterocycles. The van der Waals surface area contributed by atoms with Crippen molar-refractivity contribution in [2.75, 3.05) is 7.11 Å². The molecule has 0 radical (unpaired) electrons. The molecule has 0 bridgehead atoms. The Morgan fingerprint density at radius 2 is 1.96 bits per heavy atom. The lowest BCUT2D eigenvalue weighted by Crippen LogP contribution is -2.45. The second-order valence-corrected chi connectivity index (χ2v) is 7.75. The average molecular weight is 352 g/mol. The van der Waals surface area contributed by atoms with Gasteiger partial charge in [-0.1, -0.05) is 18.2 Å². The first-order valence-corrected chi connectivity index (χ1v) is 9.71. The van der Waals surface area contributed by atoms with Crippen LogP contribution in [0.4, 0.5) is 0 Å². The summed E-state index contributed by atoms with van der Waals surface area (Å²) in [5, 5.41) is 14.8. The first-order chi connectivity index (χ1) is 12.7. The van der Waals surface area contributed by atoms with E-state index in [1.807, 2.05) is 12.1 Å². The second-order valence-electron chi connectivity index (χ2n) is 7.75. The predicted molar refractivity (Wildman–Crippen MR) is 102 cm³/mol. The van der Waals surface area contributed by atoms with Gasteiger partial charge in [-0.3, -0.25) is 4.98 Å². The van der Waals surface area contributed by atoms with E-state index >= 15 is 0 Å². The summed E-state index contributed by atoms with van der Waals surface area (Å²) in [6, 6.07) is 11.3. The molecule has 0 spiro atoms. The molecule has 4 heteroatoms. The molecule has 2 aliphatic carbocycles. The number of rotatable bonds is 4. The summed E-state index contributed by atoms with van der Waals surface area (Å²) in [4.78, 5) is 4.17. The number of nitrogens with zero attached hydrogens (tertiary/aromatic N) is 1. The SMILES string of the molecule is COc1cccc2c1CCC(NC1CCC(O)(c3cccnc3)CC1)C2. The van der Waals surface area contributed by atoms with E-state index in [4.69, 9.17) is 4.74 Å². The van der Waals surface area contributed by atoms with Gasteiger partial charge in [0.2, 0.25) is 0 Å². The molecule has 1 fully saturated rings. The van der Waals surface area contributed by atoms with Crippen molar-refractivity contribution in [3.63, 3.8) is 0 Å². The molecule has 4 rings (SSSR count). The van der Waals surface area contributed by atoms with Crippen molar-refractivity contribution in [2.45, 2.75) is 62.6 Å². The summed E-state index contributed by atoms with van der Waals surface area (Å²) in [5.41, 5.74) is 3.04. The third kappa shape index (κ3) is 3.49. The third-order valence-electron chi connectivity index (χ3n) is 6.14. The lowest BCUT2D eigenvalue weighted by Gasteiger charge is -2.38. The van der Waals surface area contributed by atoms with Crippen LogP contribution in [0.25, 0.3) is 0 Å². The van der Waals surface area contributed by atoms with Crippen molar-refractivity contribution >= 4 is 0 Å². The van der Waals surface area contributed by atoms with Crippen molar-refractivity contribution in [3.8, 4) is 5.75 Å². The van der Waals surface area contributed by atoms with Crippen LogP contribution < -0.4 is 10.1 Å². The second kappa shape index (κ2) is 7.37. The van der Waals surface area contributed by atoms with E-state index in [0.717, 1.165) is 56.3 Å². The number of nitrogens with one attached hydrogen (secondary N) is 1. The van der Waals surface area contributed by atoms with Crippen LogP contribution in [-0.4, -0.2) is 29.3 Å². The standard InChI is InChI=1S/C22H28N2O2/c1-26-21-6-2-4-16-14-19(7-8-20(16)21)24-18-9-11-22(25,12-10-18)17-5-3-13-23-15-17/h2-6,13,15,18-19,24-25H,7-12,14H2,1H3. The lowest BCUT2D eigenvalue weighted by molar-refractivity contribution is -0.00981. The van der Waals surface area contributed by atoms with Crippen molar-refractivity contribution in [1.82, 2.24) is 10.3 Å². The van der Waals surface area contributed by atoms with Crippen LogP contribution in [0.15, 0.2) is 42.7 Å². The van der Waals surface area contributed by atoms with Crippen molar-refractivity contribution in [3.05, 3.63) is 59.4 Å². The number of hydrogen-bond donors (Lipinski definition) is 2. The molecular formula is C22H28N2O2. The topological polar surface area (TPSA) is 54.4 Å². The van der Waals surface area contributed by atoms with Crippen LogP contribution in [0.3, 0.4) is 0 Å². The zero-order valence-electron chi connectivity index (χ0n) is 15.4. The maximum Gasteiger partial charge on any atom is 0.122 e. The molecule has 2 aromatic rings. The summed E-state index contributed by atoms with van der Waals surface area (Å²) in [6.07, 6.45) is 10.5. The van der Waals surface area contributed by atoms with Gasteiger partial charge in [-0.15, -0.1) is 0 Å². The quantitative estimate of drug-likeness (QED) is 0.886. The van der Waals surface area contributed by atoms with E-state index in [2.05, 4.69) is 28.5 Å². The van der Waals surface area contributed by atoms with Crippen molar-refractivity contribution in [1.29, 1.82) is 0 Å². The molecule has 4 nitrogen and oxygen atoms in total. The maximum atomic E-state index is 11.0. The van der Waals surface area contributed by atoms with E-state index in [1.165, 1.54) is 11.1 Å². The molecule has 0 amide bonds. The van der Waals surface area contributed by atoms with Gasteiger partial charge >= 0.3 is 0 Å². The summed E-state index contributed by atoms with van der Waals surface area (Å²) < 4.78 is 5.51. The van der Waals surface area contributed by atoms with Gasteiger partial charge in [-0.25, -0.2) is 0 Å². The summed E-state index contributed by atoms with van der Waals surface area (Å²) >= 11 is 0. The van der Waals surface area contributed by atoms with Gasteiger partial charge in [0.05, 0.1) is 12.7 Å². The Morgan fingerprint density at radius 1 is 1.12 bits per heavy atom. The van der Waals surface area contributed by atoms with E-state index in [0.29, 0.717) is 12.1 Å². The van der Waals surface area contributed by atoms with Crippen LogP contribution in [0.1, 0.15) is 48.8 Å². The van der Waals surface area contributed by atoms with E-state index in [-0.39, 0.29) is 0 Å². The molecule has 2 N–H and O–H groups in total. The maximum absolute atomic E-state index is 11.0. The number of ether oxygens (including phenoxy) is 1. The van der Waals surface area contributed by atoms with E-state index in [1.54, 1.807) is 19.5 Å². The molecule has 1 unspecified atom stereocenters. The largest absolute Gasteiger partial charge is 0.496 e. The Balaban J connectivity index is 1.35. The number of hydrogen-bond acceptors (Lipinski definition) is 4. The molecule has 1 heterocycles. The number of aliphatic hydroxyl groups is 1. The van der Waals surface area contributed by atoms with E-state index in [9.17, 15) is 5.11 Å². The Labute approximate surface area is 155 Å². The number of benzene rings is 1. The molecule has 26 heavy (non-hydrogen) atoms. The van der Waals surface area contributed by atoms with Gasteiger partial charge in [-0.2, -0.15) is 0 Å². The normalized spacial score (nSPS) is 28.4. The highest BCUT2D eigenvalue weighted by atomic mass is 16.5. The Hall–Kier alpha value is -1.91. The van der Waals surface area contributed by atoms with E-state index < -0.39 is 5.60 Å². The number of pyridine rings is 1. The number of fused-ring (bicyclic) bond motifs is 1. The highest BCUT2D eigenvalue weighted by molar-refractivity contribution is 5.42. The molecular weight excluding hydrogens is 324 g/mol. The minimum Gasteiger partial charge on any atom is -0.496 e. The highest BCUT2D eigenvalue weighted by Crippen LogP contribution is 2.37. The zero-order chi connectivity index (χ0) is 18.0. The van der Waals surface area contributed by atoms with Crippen molar-refractivity contribution < 1.29 is 9.84 Å². The fourth-order valence-corrected chi connectivity index (χ4v) is 4.63. The van der Waals surface area contributed by atoms with Gasteiger partial charge in [0.1, 0.15) is 5.75 Å².